The van der Waals surface area contributed by atoms with E-state index in [1.165, 1.54) is 51.4 Å². The first-order valence-corrected chi connectivity index (χ1v) is 6.40. The molecule has 0 heterocycles. The first-order chi connectivity index (χ1) is 6.86. The van der Waals surface area contributed by atoms with Crippen molar-refractivity contribution >= 4 is 0 Å². The van der Waals surface area contributed by atoms with Crippen molar-refractivity contribution in [3.8, 4) is 0 Å². The smallest absolute Gasteiger partial charge is 0.0941 e. The van der Waals surface area contributed by atoms with Crippen LogP contribution in [0, 0.1) is 11.8 Å². The second-order valence-corrected chi connectivity index (χ2v) is 5.50. The van der Waals surface area contributed by atoms with Gasteiger partial charge in [0.2, 0.25) is 0 Å². The molecule has 0 aromatic carbocycles. The first-order valence-electron chi connectivity index (χ1n) is 6.40. The highest BCUT2D eigenvalue weighted by Gasteiger charge is 2.41. The lowest BCUT2D eigenvalue weighted by Crippen LogP contribution is -2.70. The van der Waals surface area contributed by atoms with Gasteiger partial charge in [0, 0.05) is 11.8 Å². The van der Waals surface area contributed by atoms with E-state index in [1.807, 2.05) is 11.1 Å². The van der Waals surface area contributed by atoms with Crippen LogP contribution in [0.4, 0.5) is 0 Å². The minimum atomic E-state index is 0.764. The highest BCUT2D eigenvalue weighted by Crippen LogP contribution is 2.46. The number of quaternary nitrogens is 1. The molecule has 1 saturated carbocycles. The fourth-order valence-electron chi connectivity index (χ4n) is 4.03. The van der Waals surface area contributed by atoms with Crippen molar-refractivity contribution in [2.75, 3.05) is 0 Å². The van der Waals surface area contributed by atoms with Crippen LogP contribution in [0.25, 0.3) is 0 Å². The summed E-state index contributed by atoms with van der Waals surface area (Å²) in [5.41, 5.74) is 8.17. The van der Waals surface area contributed by atoms with Gasteiger partial charge >= 0.3 is 0 Å². The Bertz CT molecular complexity index is 266. The van der Waals surface area contributed by atoms with Gasteiger partial charge in [-0.3, -0.25) is 0 Å². The highest BCUT2D eigenvalue weighted by atomic mass is 14.7. The zero-order valence-corrected chi connectivity index (χ0v) is 9.10. The maximum absolute atomic E-state index is 4.44. The van der Waals surface area contributed by atoms with Gasteiger partial charge in [-0.05, 0) is 44.9 Å². The van der Waals surface area contributed by atoms with Gasteiger partial charge in [-0.1, -0.05) is 17.6 Å². The van der Waals surface area contributed by atoms with Gasteiger partial charge in [0.15, 0.2) is 0 Å². The van der Waals surface area contributed by atoms with Crippen LogP contribution >= 0.6 is 0 Å². The van der Waals surface area contributed by atoms with Gasteiger partial charge in [0.05, 0.1) is 6.04 Å². The van der Waals surface area contributed by atoms with Crippen molar-refractivity contribution in [1.29, 1.82) is 0 Å². The lowest BCUT2D eigenvalue weighted by atomic mass is 9.63. The second kappa shape index (κ2) is 3.37. The molecule has 2 bridgehead atoms. The highest BCUT2D eigenvalue weighted by molar-refractivity contribution is 5.26. The van der Waals surface area contributed by atoms with Gasteiger partial charge in [-0.2, -0.15) is 0 Å². The summed E-state index contributed by atoms with van der Waals surface area (Å²) in [6.45, 7) is 0. The predicted octanol–water partition coefficient (Wildman–Crippen LogP) is 2.29. The molecule has 3 aliphatic rings. The van der Waals surface area contributed by atoms with Crippen molar-refractivity contribution in [1.82, 2.24) is 0 Å². The van der Waals surface area contributed by atoms with Crippen molar-refractivity contribution in [2.24, 2.45) is 11.8 Å². The van der Waals surface area contributed by atoms with Crippen LogP contribution in [0.15, 0.2) is 11.1 Å². The Balaban J connectivity index is 1.95. The lowest BCUT2D eigenvalue weighted by molar-refractivity contribution is -0.449. The SMILES string of the molecule is [NH3+][C@H]1[C@H]2CCC[C@@H]1C1=C(CCCC1)C2. The number of fused-ring (bicyclic) bond motifs is 3. The maximum Gasteiger partial charge on any atom is 0.0941 e. The number of allylic oxidation sites excluding steroid dienone is 1. The summed E-state index contributed by atoms with van der Waals surface area (Å²) in [7, 11) is 0. The third-order valence-electron chi connectivity index (χ3n) is 4.80. The topological polar surface area (TPSA) is 27.6 Å². The fraction of sp³-hybridized carbons (Fsp3) is 0.846. The van der Waals surface area contributed by atoms with Crippen molar-refractivity contribution in [3.63, 3.8) is 0 Å². The molecule has 3 N–H and O–H groups in total. The van der Waals surface area contributed by atoms with Crippen LogP contribution in [0.3, 0.4) is 0 Å². The molecule has 14 heavy (non-hydrogen) atoms. The van der Waals surface area contributed by atoms with E-state index in [4.69, 9.17) is 0 Å². The summed E-state index contributed by atoms with van der Waals surface area (Å²) in [4.78, 5) is 0. The summed E-state index contributed by atoms with van der Waals surface area (Å²) in [5.74, 6) is 1.85. The minimum Gasteiger partial charge on any atom is -0.354 e. The molecule has 1 heteroatoms. The third kappa shape index (κ3) is 1.25. The van der Waals surface area contributed by atoms with Crippen LogP contribution in [-0.2, 0) is 0 Å². The molecule has 0 radical (unpaired) electrons. The van der Waals surface area contributed by atoms with Crippen molar-refractivity contribution in [2.45, 2.75) is 57.4 Å². The Hall–Kier alpha value is -0.300. The summed E-state index contributed by atoms with van der Waals surface area (Å²) in [6.07, 6.45) is 11.5. The van der Waals surface area contributed by atoms with Crippen molar-refractivity contribution < 1.29 is 5.73 Å². The molecule has 0 amide bonds. The molecule has 1 nitrogen and oxygen atoms in total. The van der Waals surface area contributed by atoms with Crippen molar-refractivity contribution in [3.05, 3.63) is 11.1 Å². The molecule has 3 aliphatic carbocycles. The Labute approximate surface area is 86.8 Å². The van der Waals surface area contributed by atoms with Gasteiger partial charge in [-0.25, -0.2) is 0 Å². The van der Waals surface area contributed by atoms with E-state index < -0.39 is 0 Å². The van der Waals surface area contributed by atoms with Crippen LogP contribution in [-0.4, -0.2) is 6.04 Å². The summed E-state index contributed by atoms with van der Waals surface area (Å²) < 4.78 is 0. The Morgan fingerprint density at radius 3 is 2.79 bits per heavy atom. The van der Waals surface area contributed by atoms with Crippen LogP contribution in [0.5, 0.6) is 0 Å². The standard InChI is InChI=1S/C13H21N/c14-13-10-5-3-7-12(13)11-6-2-1-4-9(11)8-10/h10,12-13H,1-8,14H2/p+1/t10-,12+,13-/m0/s1. The summed E-state index contributed by atoms with van der Waals surface area (Å²) in [5, 5.41) is 0. The van der Waals surface area contributed by atoms with Crippen LogP contribution < -0.4 is 5.73 Å². The summed E-state index contributed by atoms with van der Waals surface area (Å²) >= 11 is 0. The molecule has 0 aliphatic heterocycles. The zero-order valence-electron chi connectivity index (χ0n) is 9.10. The van der Waals surface area contributed by atoms with Crippen LogP contribution in [0.2, 0.25) is 0 Å². The Morgan fingerprint density at radius 2 is 1.86 bits per heavy atom. The average Bonchev–Trinajstić information content (AvgIpc) is 2.18. The van der Waals surface area contributed by atoms with Gasteiger partial charge < -0.3 is 5.73 Å². The van der Waals surface area contributed by atoms with Gasteiger partial charge in [-0.15, -0.1) is 0 Å². The first kappa shape index (κ1) is 8.96. The van der Waals surface area contributed by atoms with E-state index in [1.54, 1.807) is 0 Å². The van der Waals surface area contributed by atoms with E-state index in [0.717, 1.165) is 17.9 Å². The molecule has 0 spiro atoms. The fourth-order valence-corrected chi connectivity index (χ4v) is 4.03. The number of hydrogen-bond donors (Lipinski definition) is 1. The van der Waals surface area contributed by atoms with E-state index in [0.29, 0.717) is 0 Å². The van der Waals surface area contributed by atoms with Gasteiger partial charge in [0.25, 0.3) is 0 Å². The average molecular weight is 192 g/mol. The second-order valence-electron chi connectivity index (χ2n) is 5.50. The quantitative estimate of drug-likeness (QED) is 0.570. The molecular weight excluding hydrogens is 170 g/mol. The van der Waals surface area contributed by atoms with E-state index in [2.05, 4.69) is 5.73 Å². The lowest BCUT2D eigenvalue weighted by Gasteiger charge is -2.42. The van der Waals surface area contributed by atoms with E-state index in [-0.39, 0.29) is 0 Å². The molecule has 0 unspecified atom stereocenters. The Kier molecular flexibility index (Phi) is 2.16. The molecule has 1 fully saturated rings. The predicted molar refractivity (Wildman–Crippen MR) is 57.6 cm³/mol. The Morgan fingerprint density at radius 1 is 1.00 bits per heavy atom. The third-order valence-corrected chi connectivity index (χ3v) is 4.80. The van der Waals surface area contributed by atoms with Crippen LogP contribution in [0.1, 0.15) is 51.4 Å². The largest absolute Gasteiger partial charge is 0.354 e. The molecule has 0 aromatic heterocycles. The minimum absolute atomic E-state index is 0.764. The summed E-state index contributed by atoms with van der Waals surface area (Å²) in [6, 6.07) is 0.764. The molecule has 3 atom stereocenters. The number of hydrogen-bond acceptors (Lipinski definition) is 0. The molecule has 0 aromatic rings. The molecule has 0 saturated heterocycles. The molecule has 78 valence electrons. The van der Waals surface area contributed by atoms with Gasteiger partial charge in [0.1, 0.15) is 0 Å². The zero-order chi connectivity index (χ0) is 9.54. The monoisotopic (exact) mass is 192 g/mol. The van der Waals surface area contributed by atoms with E-state index in [9.17, 15) is 0 Å². The normalized spacial score (nSPS) is 42.2. The number of rotatable bonds is 0. The molecular formula is C13H22N+. The maximum atomic E-state index is 4.44. The van der Waals surface area contributed by atoms with E-state index >= 15 is 0 Å². The molecule has 3 rings (SSSR count).